The minimum absolute atomic E-state index is 0.0587. The van der Waals surface area contributed by atoms with Crippen LogP contribution in [-0.4, -0.2) is 34.0 Å². The van der Waals surface area contributed by atoms with Gasteiger partial charge in [0.2, 0.25) is 5.91 Å². The van der Waals surface area contributed by atoms with Crippen molar-refractivity contribution in [3.8, 4) is 0 Å². The van der Waals surface area contributed by atoms with Crippen molar-refractivity contribution in [2.45, 2.75) is 63.5 Å². The van der Waals surface area contributed by atoms with Crippen LogP contribution in [0.1, 0.15) is 51.4 Å². The van der Waals surface area contributed by atoms with Crippen LogP contribution in [-0.2, 0) is 9.59 Å². The van der Waals surface area contributed by atoms with Crippen molar-refractivity contribution >= 4 is 11.9 Å². The zero-order valence-corrected chi connectivity index (χ0v) is 11.8. The maximum Gasteiger partial charge on any atom is 0.326 e. The molecule has 3 rings (SSSR count). The molecule has 0 aromatic carbocycles. The number of aliphatic carboxylic acids is 1. The Morgan fingerprint density at radius 2 is 2.00 bits per heavy atom. The van der Waals surface area contributed by atoms with Gasteiger partial charge < -0.3 is 10.0 Å². The highest BCUT2D eigenvalue weighted by atomic mass is 16.4. The lowest BCUT2D eigenvalue weighted by Crippen LogP contribution is -2.46. The number of amides is 1. The van der Waals surface area contributed by atoms with Crippen LogP contribution in [0.3, 0.4) is 0 Å². The number of allylic oxidation sites excluding steroid dienone is 2. The molecule has 1 saturated heterocycles. The first-order valence-corrected chi connectivity index (χ1v) is 7.87. The quantitative estimate of drug-likeness (QED) is 0.807. The Labute approximate surface area is 119 Å². The summed E-state index contributed by atoms with van der Waals surface area (Å²) in [4.78, 5) is 25.8. The van der Waals surface area contributed by atoms with E-state index in [9.17, 15) is 14.7 Å². The summed E-state index contributed by atoms with van der Waals surface area (Å²) in [5.74, 6) is -0.0365. The number of carbonyl (C=O) groups is 2. The summed E-state index contributed by atoms with van der Waals surface area (Å²) >= 11 is 0. The van der Waals surface area contributed by atoms with E-state index in [1.165, 1.54) is 6.42 Å². The summed E-state index contributed by atoms with van der Waals surface area (Å²) in [7, 11) is 0. The first-order valence-electron chi connectivity index (χ1n) is 7.87. The predicted molar refractivity (Wildman–Crippen MR) is 75.1 cm³/mol. The van der Waals surface area contributed by atoms with E-state index in [0.29, 0.717) is 24.7 Å². The van der Waals surface area contributed by atoms with E-state index in [-0.39, 0.29) is 11.9 Å². The molecule has 1 heterocycles. The fourth-order valence-electron chi connectivity index (χ4n) is 4.23. The van der Waals surface area contributed by atoms with E-state index in [4.69, 9.17) is 0 Å². The molecule has 2 fully saturated rings. The maximum absolute atomic E-state index is 12.6. The van der Waals surface area contributed by atoms with Crippen LogP contribution in [0.2, 0.25) is 0 Å². The zero-order chi connectivity index (χ0) is 14.1. The maximum atomic E-state index is 12.6. The van der Waals surface area contributed by atoms with Gasteiger partial charge in [-0.15, -0.1) is 0 Å². The monoisotopic (exact) mass is 277 g/mol. The van der Waals surface area contributed by atoms with Gasteiger partial charge in [-0.05, 0) is 43.9 Å². The number of fused-ring (bicyclic) bond motifs is 1. The summed E-state index contributed by atoms with van der Waals surface area (Å²) in [6.07, 6.45) is 11.8. The molecule has 0 spiro atoms. The standard InChI is InChI=1S/C16H23NO3/c18-15(9-11-5-1-2-6-11)17-13-8-4-3-7-12(13)10-14(17)16(19)20/h1,5,11-14H,2-4,6-10H2,(H,19,20). The van der Waals surface area contributed by atoms with Crippen molar-refractivity contribution < 1.29 is 14.7 Å². The number of nitrogens with zero attached hydrogens (tertiary/aromatic N) is 1. The average molecular weight is 277 g/mol. The predicted octanol–water partition coefficient (Wildman–Crippen LogP) is 2.59. The van der Waals surface area contributed by atoms with Crippen LogP contribution in [0.25, 0.3) is 0 Å². The van der Waals surface area contributed by atoms with Crippen LogP contribution in [0.15, 0.2) is 12.2 Å². The summed E-state index contributed by atoms with van der Waals surface area (Å²) in [5, 5.41) is 9.43. The van der Waals surface area contributed by atoms with Crippen molar-refractivity contribution in [1.29, 1.82) is 0 Å². The Morgan fingerprint density at radius 3 is 2.70 bits per heavy atom. The molecule has 4 nitrogen and oxygen atoms in total. The number of hydrogen-bond acceptors (Lipinski definition) is 2. The molecule has 1 aliphatic heterocycles. The summed E-state index contributed by atoms with van der Waals surface area (Å²) in [6.45, 7) is 0. The van der Waals surface area contributed by atoms with E-state index >= 15 is 0 Å². The molecule has 2 aliphatic carbocycles. The van der Waals surface area contributed by atoms with E-state index in [0.717, 1.165) is 32.1 Å². The number of carboxylic acids is 1. The molecule has 4 heteroatoms. The third kappa shape index (κ3) is 2.48. The van der Waals surface area contributed by atoms with Crippen LogP contribution >= 0.6 is 0 Å². The lowest BCUT2D eigenvalue weighted by Gasteiger charge is -2.33. The highest BCUT2D eigenvalue weighted by Gasteiger charge is 2.47. The van der Waals surface area contributed by atoms with Crippen LogP contribution in [0, 0.1) is 11.8 Å². The normalized spacial score (nSPS) is 36.1. The zero-order valence-electron chi connectivity index (χ0n) is 11.8. The highest BCUT2D eigenvalue weighted by Crippen LogP contribution is 2.40. The second kappa shape index (κ2) is 5.58. The highest BCUT2D eigenvalue weighted by molar-refractivity contribution is 5.85. The van der Waals surface area contributed by atoms with E-state index < -0.39 is 12.0 Å². The third-order valence-corrected chi connectivity index (χ3v) is 5.21. The molecule has 4 unspecified atom stereocenters. The summed E-state index contributed by atoms with van der Waals surface area (Å²) in [5.41, 5.74) is 0. The molecule has 20 heavy (non-hydrogen) atoms. The molecule has 0 bridgehead atoms. The average Bonchev–Trinajstić information content (AvgIpc) is 3.04. The molecule has 110 valence electrons. The number of hydrogen-bond donors (Lipinski definition) is 1. The van der Waals surface area contributed by atoms with Crippen molar-refractivity contribution in [2.75, 3.05) is 0 Å². The second-order valence-corrected chi connectivity index (χ2v) is 6.47. The fraction of sp³-hybridized carbons (Fsp3) is 0.750. The van der Waals surface area contributed by atoms with Gasteiger partial charge in [-0.25, -0.2) is 4.79 Å². The van der Waals surface area contributed by atoms with E-state index in [1.54, 1.807) is 4.90 Å². The van der Waals surface area contributed by atoms with Gasteiger partial charge in [-0.2, -0.15) is 0 Å². The Balaban J connectivity index is 1.74. The first kappa shape index (κ1) is 13.7. The number of rotatable bonds is 3. The first-order chi connectivity index (χ1) is 9.66. The van der Waals surface area contributed by atoms with Crippen molar-refractivity contribution in [3.63, 3.8) is 0 Å². The van der Waals surface area contributed by atoms with E-state index in [2.05, 4.69) is 12.2 Å². The number of carbonyl (C=O) groups excluding carboxylic acids is 1. The van der Waals surface area contributed by atoms with Crippen molar-refractivity contribution in [2.24, 2.45) is 11.8 Å². The van der Waals surface area contributed by atoms with Gasteiger partial charge in [0, 0.05) is 12.5 Å². The van der Waals surface area contributed by atoms with Gasteiger partial charge in [-0.1, -0.05) is 25.0 Å². The van der Waals surface area contributed by atoms with Gasteiger partial charge in [0.15, 0.2) is 0 Å². The lowest BCUT2D eigenvalue weighted by molar-refractivity contribution is -0.150. The van der Waals surface area contributed by atoms with Crippen molar-refractivity contribution in [1.82, 2.24) is 4.90 Å². The minimum atomic E-state index is -0.824. The molecule has 1 N–H and O–H groups in total. The number of likely N-dealkylation sites (tertiary alicyclic amines) is 1. The molecule has 0 aromatic heterocycles. The van der Waals surface area contributed by atoms with Crippen molar-refractivity contribution in [3.05, 3.63) is 12.2 Å². The smallest absolute Gasteiger partial charge is 0.326 e. The summed E-state index contributed by atoms with van der Waals surface area (Å²) in [6, 6.07) is -0.399. The molecular weight excluding hydrogens is 254 g/mol. The van der Waals surface area contributed by atoms with Gasteiger partial charge in [0.05, 0.1) is 0 Å². The minimum Gasteiger partial charge on any atom is -0.480 e. The number of carboxylic acid groups (broad SMARTS) is 1. The molecule has 1 saturated carbocycles. The second-order valence-electron chi connectivity index (χ2n) is 6.47. The van der Waals surface area contributed by atoms with Crippen LogP contribution in [0.4, 0.5) is 0 Å². The molecule has 3 aliphatic rings. The Morgan fingerprint density at radius 1 is 1.20 bits per heavy atom. The third-order valence-electron chi connectivity index (χ3n) is 5.21. The molecule has 1 amide bonds. The largest absolute Gasteiger partial charge is 0.480 e. The topological polar surface area (TPSA) is 57.6 Å². The Kier molecular flexibility index (Phi) is 3.81. The van der Waals surface area contributed by atoms with Gasteiger partial charge in [-0.3, -0.25) is 4.79 Å². The Hall–Kier alpha value is -1.32. The molecule has 0 radical (unpaired) electrons. The van der Waals surface area contributed by atoms with Crippen LogP contribution in [0.5, 0.6) is 0 Å². The van der Waals surface area contributed by atoms with Gasteiger partial charge in [0.1, 0.15) is 6.04 Å². The molecular formula is C16H23NO3. The fourth-order valence-corrected chi connectivity index (χ4v) is 4.23. The lowest BCUT2D eigenvalue weighted by atomic mass is 9.84. The van der Waals surface area contributed by atoms with Crippen LogP contribution < -0.4 is 0 Å². The Bertz CT molecular complexity index is 431. The summed E-state index contributed by atoms with van der Waals surface area (Å²) < 4.78 is 0. The van der Waals surface area contributed by atoms with E-state index in [1.807, 2.05) is 0 Å². The van der Waals surface area contributed by atoms with Gasteiger partial charge in [0.25, 0.3) is 0 Å². The van der Waals surface area contributed by atoms with Gasteiger partial charge >= 0.3 is 5.97 Å². The molecule has 0 aromatic rings. The molecule has 4 atom stereocenters. The SMILES string of the molecule is O=C(O)C1CC2CCCCC2N1C(=O)CC1C=CCC1.